The van der Waals surface area contributed by atoms with Crippen LogP contribution in [-0.2, 0) is 65.4 Å². The van der Waals surface area contributed by atoms with Gasteiger partial charge in [-0.2, -0.15) is 0 Å². The lowest BCUT2D eigenvalue weighted by Crippen LogP contribution is -2.30. The highest BCUT2D eigenvalue weighted by molar-refractivity contribution is 7.47. The summed E-state index contributed by atoms with van der Waals surface area (Å²) in [5.74, 6) is -1.37. The third-order valence-electron chi connectivity index (χ3n) is 16.5. The predicted octanol–water partition coefficient (Wildman–Crippen LogP) is 20.5. The number of esters is 4. The molecule has 0 aliphatic heterocycles. The van der Waals surface area contributed by atoms with Crippen molar-refractivity contribution in [2.45, 2.75) is 387 Å². The van der Waals surface area contributed by atoms with Crippen molar-refractivity contribution in [2.75, 3.05) is 39.6 Å². The molecule has 0 fully saturated rings. The molecule has 90 heavy (non-hydrogen) atoms. The number of hydrogen-bond donors (Lipinski definition) is 3. The van der Waals surface area contributed by atoms with Gasteiger partial charge in [0.2, 0.25) is 0 Å². The van der Waals surface area contributed by atoms with Crippen LogP contribution in [0.15, 0.2) is 0 Å². The Morgan fingerprint density at radius 2 is 0.511 bits per heavy atom. The molecule has 0 heterocycles. The zero-order valence-electron chi connectivity index (χ0n) is 58.3. The number of hydrogen-bond acceptors (Lipinski definition) is 15. The lowest BCUT2D eigenvalue weighted by atomic mass is 10.0. The molecule has 0 saturated heterocycles. The number of carbonyl (C=O) groups is 4. The summed E-state index contributed by atoms with van der Waals surface area (Å²) in [5.41, 5.74) is 0. The number of phosphoric acid groups is 2. The molecule has 534 valence electrons. The summed E-state index contributed by atoms with van der Waals surface area (Å²) >= 11 is 0. The molecule has 17 nitrogen and oxygen atoms in total. The average molecular weight is 1330 g/mol. The Bertz CT molecular complexity index is 1740. The molecule has 0 aromatic heterocycles. The molecule has 0 spiro atoms. The van der Waals surface area contributed by atoms with Crippen molar-refractivity contribution in [3.05, 3.63) is 0 Å². The second-order valence-corrected chi connectivity index (χ2v) is 29.0. The van der Waals surface area contributed by atoms with Gasteiger partial charge in [-0.3, -0.25) is 37.3 Å². The molecule has 0 aliphatic rings. The average Bonchev–Trinajstić information content (AvgIpc) is 2.00. The number of ether oxygens (including phenoxy) is 4. The fourth-order valence-corrected chi connectivity index (χ4v) is 12.4. The summed E-state index contributed by atoms with van der Waals surface area (Å²) < 4.78 is 68.3. The number of aliphatic hydroxyl groups is 1. The van der Waals surface area contributed by atoms with E-state index < -0.39 is 97.5 Å². The molecule has 0 radical (unpaired) electrons. The lowest BCUT2D eigenvalue weighted by molar-refractivity contribution is -0.161. The number of phosphoric ester groups is 2. The molecule has 0 amide bonds. The summed E-state index contributed by atoms with van der Waals surface area (Å²) in [6, 6.07) is 0. The molecule has 2 unspecified atom stereocenters. The number of unbranched alkanes of at least 4 members (excludes halogenated alkanes) is 43. The van der Waals surface area contributed by atoms with Crippen molar-refractivity contribution in [2.24, 2.45) is 5.92 Å². The van der Waals surface area contributed by atoms with Crippen molar-refractivity contribution in [3.8, 4) is 0 Å². The summed E-state index contributed by atoms with van der Waals surface area (Å²) in [5, 5.41) is 10.6. The van der Waals surface area contributed by atoms with E-state index in [1.807, 2.05) is 0 Å². The minimum atomic E-state index is -4.95. The van der Waals surface area contributed by atoms with Gasteiger partial charge in [0.15, 0.2) is 12.2 Å². The van der Waals surface area contributed by atoms with Gasteiger partial charge < -0.3 is 33.8 Å². The monoisotopic (exact) mass is 1320 g/mol. The SMILES string of the molecule is CCCCCCCCCCCCCCCCC(=O)O[C@H](COC(=O)CCCCCCCCCCCC(C)C)COP(=O)(O)OC[C@@H](O)COP(=O)(O)OC[C@@H](COC(=O)CCCCCCCCCCCCCC)OC(=O)CCCCCCCCCCCCCC. The van der Waals surface area contributed by atoms with Gasteiger partial charge in [-0.15, -0.1) is 0 Å². The van der Waals surface area contributed by atoms with E-state index in [0.29, 0.717) is 25.7 Å². The highest BCUT2D eigenvalue weighted by Crippen LogP contribution is 2.45. The van der Waals surface area contributed by atoms with Crippen LogP contribution in [0.2, 0.25) is 0 Å². The fraction of sp³-hybridized carbons (Fsp3) is 0.944. The fourth-order valence-electron chi connectivity index (χ4n) is 10.8. The Morgan fingerprint density at radius 1 is 0.300 bits per heavy atom. The maximum absolute atomic E-state index is 13.0. The molecule has 5 atom stereocenters. The van der Waals surface area contributed by atoms with Crippen molar-refractivity contribution in [3.63, 3.8) is 0 Å². The van der Waals surface area contributed by atoms with Crippen LogP contribution in [0, 0.1) is 5.92 Å². The molecule has 0 aromatic carbocycles. The van der Waals surface area contributed by atoms with Crippen LogP contribution >= 0.6 is 15.6 Å². The van der Waals surface area contributed by atoms with Crippen LogP contribution in [0.3, 0.4) is 0 Å². The second kappa shape index (κ2) is 64.4. The Kier molecular flexibility index (Phi) is 63.0. The van der Waals surface area contributed by atoms with E-state index in [-0.39, 0.29) is 25.7 Å². The van der Waals surface area contributed by atoms with Crippen LogP contribution in [-0.4, -0.2) is 96.7 Å². The Balaban J connectivity index is 5.25. The van der Waals surface area contributed by atoms with Crippen LogP contribution in [0.5, 0.6) is 0 Å². The molecule has 0 rings (SSSR count). The first-order valence-corrected chi connectivity index (χ1v) is 40.1. The van der Waals surface area contributed by atoms with Crippen LogP contribution in [0.4, 0.5) is 0 Å². The van der Waals surface area contributed by atoms with Gasteiger partial charge in [-0.1, -0.05) is 317 Å². The molecule has 0 aliphatic carbocycles. The molecule has 0 saturated carbocycles. The van der Waals surface area contributed by atoms with Gasteiger partial charge in [0, 0.05) is 25.7 Å². The standard InChI is InChI=1S/C71H138O17P2/c1-6-9-12-15-18-21-24-27-28-31-36-42-47-52-57-71(76)88-67(61-82-69(74)55-50-45-40-37-32-33-38-43-48-53-64(4)5)63-86-90(79,80)84-59-65(72)58-83-89(77,78)85-62-66(87-70(75)56-51-46-41-35-30-26-23-20-17-14-11-8-3)60-81-68(73)54-49-44-39-34-29-25-22-19-16-13-10-7-2/h64-67,72H,6-63H2,1-5H3,(H,77,78)(H,79,80)/t65-,66+,67+/m0/s1. The first-order chi connectivity index (χ1) is 43.5. The van der Waals surface area contributed by atoms with E-state index in [2.05, 4.69) is 34.6 Å². The normalized spacial score (nSPS) is 14.1. The van der Waals surface area contributed by atoms with Crippen molar-refractivity contribution >= 4 is 39.5 Å². The third kappa shape index (κ3) is 64.8. The largest absolute Gasteiger partial charge is 0.472 e. The first kappa shape index (κ1) is 88.1. The number of carbonyl (C=O) groups excluding carboxylic acids is 4. The topological polar surface area (TPSA) is 237 Å². The van der Waals surface area contributed by atoms with E-state index >= 15 is 0 Å². The highest BCUT2D eigenvalue weighted by Gasteiger charge is 2.30. The van der Waals surface area contributed by atoms with E-state index in [9.17, 15) is 43.2 Å². The Hall–Kier alpha value is -1.94. The molecular weight excluding hydrogens is 1190 g/mol. The van der Waals surface area contributed by atoms with E-state index in [0.717, 1.165) is 95.8 Å². The zero-order valence-corrected chi connectivity index (χ0v) is 60.1. The molecule has 0 bridgehead atoms. The summed E-state index contributed by atoms with van der Waals surface area (Å²) in [6.07, 6.45) is 51.1. The Morgan fingerprint density at radius 3 is 0.756 bits per heavy atom. The summed E-state index contributed by atoms with van der Waals surface area (Å²) in [7, 11) is -9.90. The molecule has 3 N–H and O–H groups in total. The maximum Gasteiger partial charge on any atom is 0.472 e. The molecular formula is C71H138O17P2. The van der Waals surface area contributed by atoms with Gasteiger partial charge in [0.05, 0.1) is 26.4 Å². The van der Waals surface area contributed by atoms with Crippen LogP contribution in [0.1, 0.15) is 369 Å². The highest BCUT2D eigenvalue weighted by atomic mass is 31.2. The smallest absolute Gasteiger partial charge is 0.462 e. The molecule has 19 heteroatoms. The van der Waals surface area contributed by atoms with Gasteiger partial charge in [0.25, 0.3) is 0 Å². The second-order valence-electron chi connectivity index (χ2n) is 26.1. The van der Waals surface area contributed by atoms with Gasteiger partial charge in [-0.05, 0) is 31.6 Å². The van der Waals surface area contributed by atoms with E-state index in [1.54, 1.807) is 0 Å². The molecule has 0 aromatic rings. The van der Waals surface area contributed by atoms with Crippen molar-refractivity contribution in [1.82, 2.24) is 0 Å². The van der Waals surface area contributed by atoms with E-state index in [1.165, 1.54) is 193 Å². The van der Waals surface area contributed by atoms with Gasteiger partial charge in [-0.25, -0.2) is 9.13 Å². The lowest BCUT2D eigenvalue weighted by Gasteiger charge is -2.21. The zero-order chi connectivity index (χ0) is 66.3. The van der Waals surface area contributed by atoms with Crippen molar-refractivity contribution in [1.29, 1.82) is 0 Å². The Labute approximate surface area is 549 Å². The predicted molar refractivity (Wildman–Crippen MR) is 363 cm³/mol. The van der Waals surface area contributed by atoms with Crippen LogP contribution < -0.4 is 0 Å². The van der Waals surface area contributed by atoms with E-state index in [4.69, 9.17) is 37.0 Å². The van der Waals surface area contributed by atoms with Crippen LogP contribution in [0.25, 0.3) is 0 Å². The van der Waals surface area contributed by atoms with Gasteiger partial charge >= 0.3 is 39.5 Å². The third-order valence-corrected chi connectivity index (χ3v) is 18.4. The summed E-state index contributed by atoms with van der Waals surface area (Å²) in [6.45, 7) is 7.24. The van der Waals surface area contributed by atoms with Gasteiger partial charge in [0.1, 0.15) is 19.3 Å². The first-order valence-electron chi connectivity index (χ1n) is 37.1. The minimum Gasteiger partial charge on any atom is -0.462 e. The minimum absolute atomic E-state index is 0.108. The van der Waals surface area contributed by atoms with Crippen molar-refractivity contribution < 1.29 is 80.2 Å². The number of rotatable bonds is 71. The summed E-state index contributed by atoms with van der Waals surface area (Å²) in [4.78, 5) is 72.6. The maximum atomic E-state index is 13.0. The quantitative estimate of drug-likeness (QED) is 0.0222. The number of aliphatic hydroxyl groups excluding tert-OH is 1.